The number of ether oxygens (including phenoxy) is 2. The summed E-state index contributed by atoms with van der Waals surface area (Å²) in [5.74, 6) is -2.29. The second-order valence-corrected chi connectivity index (χ2v) is 13.0. The second-order valence-electron chi connectivity index (χ2n) is 12.2. The van der Waals surface area contributed by atoms with Gasteiger partial charge in [0.25, 0.3) is 17.7 Å². The predicted molar refractivity (Wildman–Crippen MR) is 211 cm³/mol. The van der Waals surface area contributed by atoms with E-state index in [0.29, 0.717) is 0 Å². The molecule has 2 heterocycles. The van der Waals surface area contributed by atoms with Crippen molar-refractivity contribution in [1.82, 2.24) is 25.9 Å². The van der Waals surface area contributed by atoms with Crippen molar-refractivity contribution in [2.45, 2.75) is 52.0 Å². The number of nitrogens with one attached hydrogen (secondary N) is 5. The average Bonchev–Trinajstić information content (AvgIpc) is 3.81. The molecule has 0 fully saturated rings. The van der Waals surface area contributed by atoms with Crippen LogP contribution in [0.25, 0.3) is 0 Å². The van der Waals surface area contributed by atoms with Crippen LogP contribution in [-0.4, -0.2) is 63.7 Å². The zero-order valence-electron chi connectivity index (χ0n) is 30.5. The lowest BCUT2D eigenvalue weighted by Gasteiger charge is -2.21. The second kappa shape index (κ2) is 20.4. The van der Waals surface area contributed by atoms with Crippen molar-refractivity contribution < 1.29 is 41.8 Å². The van der Waals surface area contributed by atoms with Crippen molar-refractivity contribution in [3.8, 4) is 11.5 Å². The Bertz CT molecular complexity index is 1980. The van der Waals surface area contributed by atoms with E-state index < -0.39 is 42.7 Å². The van der Waals surface area contributed by atoms with Crippen molar-refractivity contribution in [3.05, 3.63) is 131 Å². The van der Waals surface area contributed by atoms with Gasteiger partial charge in [0.05, 0.1) is 4.43 Å². The lowest BCUT2D eigenvalue weighted by molar-refractivity contribution is -0.123. The van der Waals surface area contributed by atoms with Crippen LogP contribution in [0.5, 0.6) is 11.5 Å². The van der Waals surface area contributed by atoms with Gasteiger partial charge < -0.3 is 35.4 Å². The molecule has 0 aliphatic heterocycles. The highest BCUT2D eigenvalue weighted by Crippen LogP contribution is 2.33. The third-order valence-corrected chi connectivity index (χ3v) is 8.85. The van der Waals surface area contributed by atoms with Gasteiger partial charge in [0.2, 0.25) is 0 Å². The van der Waals surface area contributed by atoms with Gasteiger partial charge in [-0.2, -0.15) is 13.2 Å². The number of Topliss-reactive ketones (excluding diaryl/α,β-unsaturated/α-hetero) is 1. The van der Waals surface area contributed by atoms with Gasteiger partial charge >= 0.3 is 6.18 Å². The van der Waals surface area contributed by atoms with Crippen molar-refractivity contribution >= 4 is 46.1 Å². The summed E-state index contributed by atoms with van der Waals surface area (Å²) < 4.78 is 50.8. The van der Waals surface area contributed by atoms with E-state index in [0.717, 1.165) is 23.1 Å². The topological polar surface area (TPSA) is 154 Å². The number of H-pyrrole nitrogens is 2. The number of benzene rings is 2. The fourth-order valence-corrected chi connectivity index (χ4v) is 5.73. The number of amides is 3. The van der Waals surface area contributed by atoms with E-state index in [4.69, 9.17) is 9.47 Å². The molecule has 5 N–H and O–H groups in total. The number of aromatic amines is 2. The fraction of sp³-hybridized carbons (Fsp3) is 0.300. The number of alkyl halides is 4. The number of hydrogen-bond donors (Lipinski definition) is 5. The summed E-state index contributed by atoms with van der Waals surface area (Å²) in [5, 5.41) is 7.22. The van der Waals surface area contributed by atoms with Crippen molar-refractivity contribution in [2.24, 2.45) is 0 Å². The van der Waals surface area contributed by atoms with Crippen LogP contribution < -0.4 is 25.4 Å². The molecule has 15 heteroatoms. The fourth-order valence-electron chi connectivity index (χ4n) is 5.35. The van der Waals surface area contributed by atoms with E-state index in [2.05, 4.69) is 20.6 Å². The van der Waals surface area contributed by atoms with Gasteiger partial charge in [-0.15, -0.1) is 0 Å². The van der Waals surface area contributed by atoms with Gasteiger partial charge in [-0.1, -0.05) is 108 Å². The number of allylic oxidation sites excluding steroid dienone is 2. The first-order chi connectivity index (χ1) is 26.3. The van der Waals surface area contributed by atoms with Crippen LogP contribution in [0.3, 0.4) is 0 Å². The molecular weight excluding hydrogens is 830 g/mol. The number of carbonyl (C=O) groups is 4. The Morgan fingerprint density at radius 1 is 0.800 bits per heavy atom. The van der Waals surface area contributed by atoms with Crippen LogP contribution in [0, 0.1) is 0 Å². The summed E-state index contributed by atoms with van der Waals surface area (Å²) in [4.78, 5) is 57.4. The molecule has 4 aromatic rings. The van der Waals surface area contributed by atoms with E-state index in [9.17, 15) is 32.3 Å². The molecule has 0 radical (unpaired) electrons. The number of ketones is 1. The summed E-state index contributed by atoms with van der Waals surface area (Å²) in [6.45, 7) is 4.31. The lowest BCUT2D eigenvalue weighted by Crippen LogP contribution is -2.34. The van der Waals surface area contributed by atoms with Gasteiger partial charge in [-0.3, -0.25) is 19.2 Å². The number of carbonyl (C=O) groups excluding carboxylic acids is 4. The maximum Gasteiger partial charge on any atom is 0.405 e. The summed E-state index contributed by atoms with van der Waals surface area (Å²) in [6.07, 6.45) is 1.27. The quantitative estimate of drug-likeness (QED) is 0.0212. The Labute approximate surface area is 330 Å². The summed E-state index contributed by atoms with van der Waals surface area (Å²) >= 11 is 1.95. The predicted octanol–water partition coefficient (Wildman–Crippen LogP) is 7.98. The smallest absolute Gasteiger partial charge is 0.405 e. The number of halogens is 4. The number of aromatic nitrogens is 2. The lowest BCUT2D eigenvalue weighted by atomic mass is 10.0. The highest BCUT2D eigenvalue weighted by Gasteiger charge is 2.29. The molecule has 55 heavy (non-hydrogen) atoms. The molecule has 0 aliphatic carbocycles. The van der Waals surface area contributed by atoms with E-state index in [1.54, 1.807) is 36.5 Å². The zero-order chi connectivity index (χ0) is 40.0. The van der Waals surface area contributed by atoms with E-state index >= 15 is 0 Å². The summed E-state index contributed by atoms with van der Waals surface area (Å²) in [6, 6.07) is 21.2. The highest BCUT2D eigenvalue weighted by atomic mass is 127. The third kappa shape index (κ3) is 12.3. The molecule has 0 bridgehead atoms. The van der Waals surface area contributed by atoms with Gasteiger partial charge in [-0.25, -0.2) is 0 Å². The maximum atomic E-state index is 13.2. The van der Waals surface area contributed by atoms with Crippen LogP contribution in [0.1, 0.15) is 98.9 Å². The van der Waals surface area contributed by atoms with Crippen LogP contribution in [0.15, 0.2) is 96.6 Å². The Morgan fingerprint density at radius 2 is 1.35 bits per heavy atom. The summed E-state index contributed by atoms with van der Waals surface area (Å²) in [5.41, 5.74) is 2.34. The van der Waals surface area contributed by atoms with Crippen LogP contribution in [-0.2, 0) is 0 Å². The van der Waals surface area contributed by atoms with Gasteiger partial charge in [-0.05, 0) is 43.4 Å². The molecular formula is C40H43F3IN5O6. The molecule has 2 aromatic carbocycles. The monoisotopic (exact) mass is 873 g/mol. The Morgan fingerprint density at radius 3 is 1.91 bits per heavy atom. The van der Waals surface area contributed by atoms with Crippen LogP contribution in [0.4, 0.5) is 13.2 Å². The molecule has 0 aliphatic rings. The molecule has 4 rings (SSSR count). The Hall–Kier alpha value is -5.32. The molecule has 2 atom stereocenters. The molecule has 11 nitrogen and oxygen atoms in total. The number of hydrogen-bond acceptors (Lipinski definition) is 6. The minimum atomic E-state index is -4.63. The first-order valence-corrected chi connectivity index (χ1v) is 19.1. The van der Waals surface area contributed by atoms with Gasteiger partial charge in [0.1, 0.15) is 47.3 Å². The SMILES string of the molecule is C/C=C(\C=C/CC)C(Oc1cc(C(=O)NCCCNC(=O)c2[nH]c(C(=O)NCC(F)(F)F)cc2OC(C)c2ccccc2)[nH]c1C(=O)CI)c1ccccc1. The molecule has 292 valence electrons. The first kappa shape index (κ1) is 42.4. The molecule has 0 saturated heterocycles. The first-order valence-electron chi connectivity index (χ1n) is 17.6. The molecule has 0 spiro atoms. The third-order valence-electron chi connectivity index (χ3n) is 8.16. The van der Waals surface area contributed by atoms with E-state index in [-0.39, 0.29) is 64.0 Å². The Kier molecular flexibility index (Phi) is 15.7. The minimum absolute atomic E-state index is 0.0293. The van der Waals surface area contributed by atoms with Crippen LogP contribution in [0.2, 0.25) is 0 Å². The molecule has 2 unspecified atom stereocenters. The van der Waals surface area contributed by atoms with E-state index in [1.165, 1.54) is 12.1 Å². The van der Waals surface area contributed by atoms with Gasteiger partial charge in [0, 0.05) is 25.2 Å². The van der Waals surface area contributed by atoms with Crippen molar-refractivity contribution in [3.63, 3.8) is 0 Å². The number of rotatable bonds is 19. The largest absolute Gasteiger partial charge is 0.484 e. The van der Waals surface area contributed by atoms with Crippen molar-refractivity contribution in [1.29, 1.82) is 0 Å². The summed E-state index contributed by atoms with van der Waals surface area (Å²) in [7, 11) is 0. The molecule has 3 amide bonds. The Balaban J connectivity index is 1.42. The molecule has 2 aromatic heterocycles. The zero-order valence-corrected chi connectivity index (χ0v) is 32.7. The highest BCUT2D eigenvalue weighted by molar-refractivity contribution is 14.1. The van der Waals surface area contributed by atoms with E-state index in [1.807, 2.05) is 91.1 Å². The standard InChI is InChI=1S/C40H43F3IN5O6/c1-4-6-14-26(5-2)36(28-17-11-8-12-18-28)55-32-21-29(48-34(32)31(50)23-44)37(51)45-19-13-20-46-39(53)35-33(54-25(3)27-15-9-7-10-16-27)22-30(49-35)38(52)47-24-40(41,42)43/h5-12,14-18,21-22,25,36,48-49H,4,13,19-20,23-24H2,1-3H3,(H,45,51)(H,46,53)(H,47,52)/b14-6-,26-5+. The minimum Gasteiger partial charge on any atom is -0.484 e. The average molecular weight is 874 g/mol. The maximum absolute atomic E-state index is 13.2. The van der Waals surface area contributed by atoms with Gasteiger partial charge in [0.15, 0.2) is 11.5 Å². The van der Waals surface area contributed by atoms with Crippen molar-refractivity contribution in [2.75, 3.05) is 24.1 Å². The molecule has 0 saturated carbocycles. The van der Waals surface area contributed by atoms with Crippen LogP contribution >= 0.6 is 22.6 Å². The normalized spacial score (nSPS) is 12.9.